The standard InChI is InChI=1S/C22H19FN4OS/c1-14(21(28)24-19-12-9-15-5-3-4-6-17(15)13-19)29-22-26-25-20(27(22)2)16-7-10-18(23)11-8-16/h3-14H,1-2H3,(H,24,28)/t14-/m0/s1. The van der Waals surface area contributed by atoms with E-state index in [1.165, 1.54) is 23.9 Å². The van der Waals surface area contributed by atoms with Crippen molar-refractivity contribution in [1.29, 1.82) is 0 Å². The first-order valence-electron chi connectivity index (χ1n) is 9.13. The zero-order chi connectivity index (χ0) is 20.4. The van der Waals surface area contributed by atoms with Crippen molar-refractivity contribution in [3.05, 3.63) is 72.5 Å². The van der Waals surface area contributed by atoms with E-state index in [4.69, 9.17) is 0 Å². The smallest absolute Gasteiger partial charge is 0.237 e. The molecule has 0 aliphatic rings. The van der Waals surface area contributed by atoms with Crippen molar-refractivity contribution in [3.63, 3.8) is 0 Å². The molecule has 7 heteroatoms. The molecule has 1 amide bonds. The largest absolute Gasteiger partial charge is 0.325 e. The van der Waals surface area contributed by atoms with Crippen molar-refractivity contribution in [2.75, 3.05) is 5.32 Å². The zero-order valence-corrected chi connectivity index (χ0v) is 16.8. The van der Waals surface area contributed by atoms with Crippen molar-refractivity contribution in [1.82, 2.24) is 14.8 Å². The summed E-state index contributed by atoms with van der Waals surface area (Å²) in [6.45, 7) is 1.83. The highest BCUT2D eigenvalue weighted by Gasteiger charge is 2.19. The molecule has 1 aromatic heterocycles. The van der Waals surface area contributed by atoms with Crippen LogP contribution in [-0.4, -0.2) is 25.9 Å². The van der Waals surface area contributed by atoms with Gasteiger partial charge in [-0.3, -0.25) is 4.79 Å². The van der Waals surface area contributed by atoms with Gasteiger partial charge < -0.3 is 9.88 Å². The molecule has 0 bridgehead atoms. The van der Waals surface area contributed by atoms with Crippen LogP contribution in [0.5, 0.6) is 0 Å². The summed E-state index contributed by atoms with van der Waals surface area (Å²) >= 11 is 1.32. The second-order valence-electron chi connectivity index (χ2n) is 6.68. The van der Waals surface area contributed by atoms with Gasteiger partial charge in [0.2, 0.25) is 5.91 Å². The van der Waals surface area contributed by atoms with Gasteiger partial charge in [0.15, 0.2) is 11.0 Å². The number of carbonyl (C=O) groups is 1. The van der Waals surface area contributed by atoms with Crippen LogP contribution in [0.1, 0.15) is 6.92 Å². The summed E-state index contributed by atoms with van der Waals surface area (Å²) in [5, 5.41) is 13.8. The molecule has 29 heavy (non-hydrogen) atoms. The molecule has 4 aromatic rings. The Labute approximate surface area is 172 Å². The topological polar surface area (TPSA) is 59.8 Å². The summed E-state index contributed by atoms with van der Waals surface area (Å²) in [6, 6.07) is 19.9. The number of hydrogen-bond acceptors (Lipinski definition) is 4. The number of hydrogen-bond donors (Lipinski definition) is 1. The average molecular weight is 406 g/mol. The van der Waals surface area contributed by atoms with E-state index in [2.05, 4.69) is 15.5 Å². The second kappa shape index (κ2) is 8.05. The molecule has 0 fully saturated rings. The van der Waals surface area contributed by atoms with Gasteiger partial charge in [-0.15, -0.1) is 10.2 Å². The minimum atomic E-state index is -0.370. The molecule has 0 unspecified atom stereocenters. The van der Waals surface area contributed by atoms with Crippen molar-refractivity contribution in [2.24, 2.45) is 7.05 Å². The maximum absolute atomic E-state index is 13.1. The first-order valence-corrected chi connectivity index (χ1v) is 10.0. The Morgan fingerprint density at radius 3 is 2.52 bits per heavy atom. The first kappa shape index (κ1) is 19.1. The third-order valence-corrected chi connectivity index (χ3v) is 5.74. The van der Waals surface area contributed by atoms with Crippen LogP contribution in [0.2, 0.25) is 0 Å². The van der Waals surface area contributed by atoms with Crippen LogP contribution in [0.3, 0.4) is 0 Å². The van der Waals surface area contributed by atoms with Crippen molar-refractivity contribution in [2.45, 2.75) is 17.3 Å². The van der Waals surface area contributed by atoms with E-state index in [1.807, 2.05) is 56.4 Å². The van der Waals surface area contributed by atoms with Crippen molar-refractivity contribution in [3.8, 4) is 11.4 Å². The maximum Gasteiger partial charge on any atom is 0.237 e. The van der Waals surface area contributed by atoms with Crippen LogP contribution in [0, 0.1) is 5.82 Å². The zero-order valence-electron chi connectivity index (χ0n) is 16.0. The molecule has 0 saturated heterocycles. The molecule has 3 aromatic carbocycles. The van der Waals surface area contributed by atoms with Gasteiger partial charge in [0.1, 0.15) is 5.82 Å². The minimum absolute atomic E-state index is 0.114. The third kappa shape index (κ3) is 4.14. The summed E-state index contributed by atoms with van der Waals surface area (Å²) in [4.78, 5) is 12.6. The molecule has 0 aliphatic carbocycles. The maximum atomic E-state index is 13.1. The number of fused-ring (bicyclic) bond motifs is 1. The van der Waals surface area contributed by atoms with Crippen LogP contribution in [0.4, 0.5) is 10.1 Å². The van der Waals surface area contributed by atoms with Gasteiger partial charge in [0.05, 0.1) is 5.25 Å². The molecule has 0 aliphatic heterocycles. The molecule has 0 saturated carbocycles. The van der Waals surface area contributed by atoms with Crippen molar-refractivity contribution < 1.29 is 9.18 Å². The highest BCUT2D eigenvalue weighted by molar-refractivity contribution is 8.00. The lowest BCUT2D eigenvalue weighted by molar-refractivity contribution is -0.115. The molecule has 1 N–H and O–H groups in total. The van der Waals surface area contributed by atoms with Gasteiger partial charge in [-0.2, -0.15) is 0 Å². The fraction of sp³-hybridized carbons (Fsp3) is 0.136. The predicted octanol–water partition coefficient (Wildman–Crippen LogP) is 4.89. The normalized spacial score (nSPS) is 12.1. The summed E-state index contributed by atoms with van der Waals surface area (Å²) in [7, 11) is 1.83. The third-order valence-electron chi connectivity index (χ3n) is 4.61. The lowest BCUT2D eigenvalue weighted by atomic mass is 10.1. The number of benzene rings is 3. The fourth-order valence-electron chi connectivity index (χ4n) is 2.99. The number of halogens is 1. The molecule has 1 atom stereocenters. The van der Waals surface area contributed by atoms with Gasteiger partial charge in [-0.05, 0) is 54.1 Å². The van der Waals surface area contributed by atoms with Crippen LogP contribution in [-0.2, 0) is 11.8 Å². The summed E-state index contributed by atoms with van der Waals surface area (Å²) in [6.07, 6.45) is 0. The number of carbonyl (C=O) groups excluding carboxylic acids is 1. The Hall–Kier alpha value is -3.19. The quantitative estimate of drug-likeness (QED) is 0.479. The second-order valence-corrected chi connectivity index (χ2v) is 7.99. The van der Waals surface area contributed by atoms with Crippen LogP contribution < -0.4 is 5.32 Å². The van der Waals surface area contributed by atoms with Crippen LogP contribution in [0.25, 0.3) is 22.2 Å². The van der Waals surface area contributed by atoms with Gasteiger partial charge in [0.25, 0.3) is 0 Å². The molecular formula is C22H19FN4OS. The summed E-state index contributed by atoms with van der Waals surface area (Å²) < 4.78 is 14.9. The first-order chi connectivity index (χ1) is 14.0. The summed E-state index contributed by atoms with van der Waals surface area (Å²) in [5.74, 6) is 0.204. The summed E-state index contributed by atoms with van der Waals surface area (Å²) in [5.41, 5.74) is 1.52. The molecule has 0 spiro atoms. The predicted molar refractivity (Wildman–Crippen MR) is 114 cm³/mol. The van der Waals surface area contributed by atoms with E-state index in [1.54, 1.807) is 16.7 Å². The monoisotopic (exact) mass is 406 g/mol. The van der Waals surface area contributed by atoms with Gasteiger partial charge in [-0.25, -0.2) is 4.39 Å². The Balaban J connectivity index is 1.46. The number of nitrogens with zero attached hydrogens (tertiary/aromatic N) is 3. The number of amides is 1. The SMILES string of the molecule is C[C@H](Sc1nnc(-c2ccc(F)cc2)n1C)C(=O)Nc1ccc2ccccc2c1. The molecular weight excluding hydrogens is 387 g/mol. The molecule has 146 valence electrons. The molecule has 0 radical (unpaired) electrons. The number of anilines is 1. The number of nitrogens with one attached hydrogen (secondary N) is 1. The number of rotatable bonds is 5. The van der Waals surface area contributed by atoms with E-state index < -0.39 is 0 Å². The van der Waals surface area contributed by atoms with Crippen LogP contribution in [0.15, 0.2) is 71.9 Å². The van der Waals surface area contributed by atoms with E-state index >= 15 is 0 Å². The van der Waals surface area contributed by atoms with E-state index in [0.717, 1.165) is 22.0 Å². The van der Waals surface area contributed by atoms with E-state index in [9.17, 15) is 9.18 Å². The number of thioether (sulfide) groups is 1. The van der Waals surface area contributed by atoms with Crippen molar-refractivity contribution >= 4 is 34.1 Å². The van der Waals surface area contributed by atoms with Gasteiger partial charge >= 0.3 is 0 Å². The minimum Gasteiger partial charge on any atom is -0.325 e. The Bertz CT molecular complexity index is 1170. The molecule has 4 rings (SSSR count). The van der Waals surface area contributed by atoms with Gasteiger partial charge in [-0.1, -0.05) is 42.1 Å². The molecule has 1 heterocycles. The lowest BCUT2D eigenvalue weighted by Gasteiger charge is -2.12. The number of aromatic nitrogens is 3. The highest BCUT2D eigenvalue weighted by atomic mass is 32.2. The Kier molecular flexibility index (Phi) is 5.31. The fourth-order valence-corrected chi connectivity index (χ4v) is 3.81. The Morgan fingerprint density at radius 2 is 1.76 bits per heavy atom. The Morgan fingerprint density at radius 1 is 1.03 bits per heavy atom. The lowest BCUT2D eigenvalue weighted by Crippen LogP contribution is -2.22. The average Bonchev–Trinajstić information content (AvgIpc) is 3.08. The van der Waals surface area contributed by atoms with Crippen LogP contribution >= 0.6 is 11.8 Å². The molecule has 5 nitrogen and oxygen atoms in total. The van der Waals surface area contributed by atoms with E-state index in [0.29, 0.717) is 11.0 Å². The van der Waals surface area contributed by atoms with Gasteiger partial charge in [0, 0.05) is 18.3 Å². The van der Waals surface area contributed by atoms with E-state index in [-0.39, 0.29) is 17.0 Å². The highest BCUT2D eigenvalue weighted by Crippen LogP contribution is 2.27.